The maximum absolute atomic E-state index is 12.5. The van der Waals surface area contributed by atoms with Crippen LogP contribution in [-0.2, 0) is 0 Å². The fourth-order valence-electron chi connectivity index (χ4n) is 0.422. The van der Waals surface area contributed by atoms with Crippen molar-refractivity contribution in [1.82, 2.24) is 4.98 Å². The average Bonchev–Trinajstić information content (AvgIpc) is 1.93. The second-order valence-electron chi connectivity index (χ2n) is 1.52. The summed E-state index contributed by atoms with van der Waals surface area (Å²) in [7, 11) is 0. The molecule has 0 amide bonds. The molecule has 0 saturated heterocycles. The number of hydrogen-bond acceptors (Lipinski definition) is 1. The van der Waals surface area contributed by atoms with E-state index in [0.717, 1.165) is 0 Å². The second-order valence-corrected chi connectivity index (χ2v) is 3.55. The van der Waals surface area contributed by atoms with E-state index < -0.39 is 5.95 Å². The Kier molecular flexibility index (Phi) is 2.66. The number of nitrogens with zero attached hydrogens (tertiary/aromatic N) is 1. The first kappa shape index (κ1) is 8.43. The molecule has 1 aromatic heterocycles. The number of rotatable bonds is 0. The molecule has 0 bridgehead atoms. The van der Waals surface area contributed by atoms with Crippen molar-refractivity contribution in [2.24, 2.45) is 0 Å². The van der Waals surface area contributed by atoms with E-state index in [1.165, 1.54) is 6.20 Å². The third kappa shape index (κ3) is 1.49. The third-order valence-corrected chi connectivity index (χ3v) is 3.40. The topological polar surface area (TPSA) is 12.9 Å². The second kappa shape index (κ2) is 3.15. The Balaban J connectivity index is 3.34. The van der Waals surface area contributed by atoms with Gasteiger partial charge in [-0.2, -0.15) is 4.39 Å². The molecule has 10 heavy (non-hydrogen) atoms. The van der Waals surface area contributed by atoms with E-state index in [-0.39, 0.29) is 5.02 Å². The Morgan fingerprint density at radius 2 is 2.10 bits per heavy atom. The molecule has 1 heterocycles. The van der Waals surface area contributed by atoms with Crippen LogP contribution >= 0.6 is 43.5 Å². The van der Waals surface area contributed by atoms with E-state index >= 15 is 0 Å². The lowest BCUT2D eigenvalue weighted by Crippen LogP contribution is -1.84. The van der Waals surface area contributed by atoms with Crippen LogP contribution < -0.4 is 0 Å². The molecule has 0 aliphatic carbocycles. The van der Waals surface area contributed by atoms with E-state index in [1.54, 1.807) is 0 Å². The molecule has 0 atom stereocenters. The molecule has 0 aromatic carbocycles. The summed E-state index contributed by atoms with van der Waals surface area (Å²) in [5, 5.41) is -0.00521. The van der Waals surface area contributed by atoms with Crippen molar-refractivity contribution >= 4 is 43.5 Å². The van der Waals surface area contributed by atoms with Crippen LogP contribution in [0.15, 0.2) is 15.1 Å². The molecule has 5 heteroatoms. The molecule has 0 spiro atoms. The summed E-state index contributed by atoms with van der Waals surface area (Å²) in [6.07, 6.45) is 1.34. The average molecular weight is 289 g/mol. The van der Waals surface area contributed by atoms with Gasteiger partial charge < -0.3 is 0 Å². The van der Waals surface area contributed by atoms with Gasteiger partial charge in [-0.1, -0.05) is 11.6 Å². The zero-order valence-corrected chi connectivity index (χ0v) is 8.46. The first-order valence-electron chi connectivity index (χ1n) is 2.28. The van der Waals surface area contributed by atoms with Gasteiger partial charge >= 0.3 is 0 Å². The highest BCUT2D eigenvalue weighted by Gasteiger charge is 2.07. The molecular formula is C5HBr2ClFN. The predicted molar refractivity (Wildman–Crippen MR) is 44.6 cm³/mol. The van der Waals surface area contributed by atoms with Crippen LogP contribution in [0.3, 0.4) is 0 Å². The highest BCUT2D eigenvalue weighted by Crippen LogP contribution is 2.30. The Bertz CT molecular complexity index is 239. The molecular weight excluding hydrogens is 288 g/mol. The summed E-state index contributed by atoms with van der Waals surface area (Å²) in [6, 6.07) is 0. The number of halogens is 4. The quantitative estimate of drug-likeness (QED) is 0.667. The van der Waals surface area contributed by atoms with Gasteiger partial charge in [-0.3, -0.25) is 0 Å². The van der Waals surface area contributed by atoms with E-state index in [4.69, 9.17) is 11.6 Å². The zero-order chi connectivity index (χ0) is 7.72. The van der Waals surface area contributed by atoms with E-state index in [0.29, 0.717) is 8.95 Å². The molecule has 1 rings (SSSR count). The molecule has 1 aromatic rings. The van der Waals surface area contributed by atoms with Gasteiger partial charge in [0.1, 0.15) is 5.02 Å². The monoisotopic (exact) mass is 287 g/mol. The normalized spacial score (nSPS) is 10.0. The lowest BCUT2D eigenvalue weighted by atomic mass is 10.5. The molecule has 54 valence electrons. The van der Waals surface area contributed by atoms with Gasteiger partial charge in [0.25, 0.3) is 0 Å². The molecule has 0 unspecified atom stereocenters. The smallest absolute Gasteiger partial charge is 0.226 e. The number of pyridine rings is 1. The fraction of sp³-hybridized carbons (Fsp3) is 0. The Morgan fingerprint density at radius 1 is 1.50 bits per heavy atom. The first-order chi connectivity index (χ1) is 4.63. The van der Waals surface area contributed by atoms with Crippen LogP contribution in [0.5, 0.6) is 0 Å². The minimum atomic E-state index is -0.670. The summed E-state index contributed by atoms with van der Waals surface area (Å²) in [4.78, 5) is 3.36. The minimum absolute atomic E-state index is 0.00521. The van der Waals surface area contributed by atoms with Crippen LogP contribution in [0.1, 0.15) is 0 Å². The SMILES string of the molecule is Fc1ncc(Br)c(Br)c1Cl. The largest absolute Gasteiger partial charge is 0.232 e. The van der Waals surface area contributed by atoms with Crippen molar-refractivity contribution in [1.29, 1.82) is 0 Å². The maximum atomic E-state index is 12.5. The fourth-order valence-corrected chi connectivity index (χ4v) is 1.25. The van der Waals surface area contributed by atoms with Crippen molar-refractivity contribution in [2.45, 2.75) is 0 Å². The third-order valence-electron chi connectivity index (χ3n) is 0.875. The van der Waals surface area contributed by atoms with Gasteiger partial charge in [-0.25, -0.2) is 4.98 Å². The van der Waals surface area contributed by atoms with Gasteiger partial charge in [0.05, 0.1) is 8.95 Å². The first-order valence-corrected chi connectivity index (χ1v) is 4.24. The highest BCUT2D eigenvalue weighted by molar-refractivity contribution is 9.13. The van der Waals surface area contributed by atoms with Crippen molar-refractivity contribution in [3.63, 3.8) is 0 Å². The van der Waals surface area contributed by atoms with E-state index in [2.05, 4.69) is 36.8 Å². The van der Waals surface area contributed by atoms with Gasteiger partial charge in [0.15, 0.2) is 0 Å². The van der Waals surface area contributed by atoms with E-state index in [1.807, 2.05) is 0 Å². The summed E-state index contributed by atoms with van der Waals surface area (Å²) >= 11 is 11.7. The summed E-state index contributed by atoms with van der Waals surface area (Å²) in [6.45, 7) is 0. The van der Waals surface area contributed by atoms with E-state index in [9.17, 15) is 4.39 Å². The maximum Gasteiger partial charge on any atom is 0.232 e. The molecule has 0 fully saturated rings. The zero-order valence-electron chi connectivity index (χ0n) is 4.54. The van der Waals surface area contributed by atoms with Crippen LogP contribution in [0, 0.1) is 5.95 Å². The van der Waals surface area contributed by atoms with Crippen molar-refractivity contribution in [3.8, 4) is 0 Å². The van der Waals surface area contributed by atoms with Gasteiger partial charge in [0.2, 0.25) is 5.95 Å². The molecule has 1 nitrogen and oxygen atoms in total. The van der Waals surface area contributed by atoms with Crippen LogP contribution in [0.2, 0.25) is 5.02 Å². The minimum Gasteiger partial charge on any atom is -0.226 e. The van der Waals surface area contributed by atoms with Crippen molar-refractivity contribution in [2.75, 3.05) is 0 Å². The lowest BCUT2D eigenvalue weighted by Gasteiger charge is -1.97. The summed E-state index contributed by atoms with van der Waals surface area (Å²) in [5.74, 6) is -0.670. The molecule has 0 N–H and O–H groups in total. The molecule has 0 saturated carbocycles. The molecule has 0 radical (unpaired) electrons. The Labute approximate surface area is 78.9 Å². The van der Waals surface area contributed by atoms with Crippen molar-refractivity contribution in [3.05, 3.63) is 26.1 Å². The number of aromatic nitrogens is 1. The number of hydrogen-bond donors (Lipinski definition) is 0. The van der Waals surface area contributed by atoms with Crippen LogP contribution in [0.25, 0.3) is 0 Å². The Morgan fingerprint density at radius 3 is 2.60 bits per heavy atom. The van der Waals surface area contributed by atoms with Gasteiger partial charge in [0, 0.05) is 6.20 Å². The van der Waals surface area contributed by atoms with Crippen molar-refractivity contribution < 1.29 is 4.39 Å². The van der Waals surface area contributed by atoms with Crippen LogP contribution in [0.4, 0.5) is 4.39 Å². The molecule has 0 aliphatic heterocycles. The Hall–Kier alpha value is 0.330. The highest BCUT2D eigenvalue weighted by atomic mass is 79.9. The lowest BCUT2D eigenvalue weighted by molar-refractivity contribution is 0.582. The summed E-state index contributed by atoms with van der Waals surface area (Å²) < 4.78 is 13.6. The van der Waals surface area contributed by atoms with Gasteiger partial charge in [-0.05, 0) is 31.9 Å². The standard InChI is InChI=1S/C5HBr2ClFN/c6-2-1-10-5(9)4(8)3(2)7/h1H. The predicted octanol–water partition coefficient (Wildman–Crippen LogP) is 3.40. The summed E-state index contributed by atoms with van der Waals surface area (Å²) in [5.41, 5.74) is 0. The van der Waals surface area contributed by atoms with Gasteiger partial charge in [-0.15, -0.1) is 0 Å². The van der Waals surface area contributed by atoms with Crippen LogP contribution in [-0.4, -0.2) is 4.98 Å². The molecule has 0 aliphatic rings.